The lowest BCUT2D eigenvalue weighted by Gasteiger charge is -2.27. The second-order valence-corrected chi connectivity index (χ2v) is 7.34. The summed E-state index contributed by atoms with van der Waals surface area (Å²) >= 11 is 0. The van der Waals surface area contributed by atoms with Gasteiger partial charge in [0.25, 0.3) is 0 Å². The molecule has 3 aromatic carbocycles. The predicted octanol–water partition coefficient (Wildman–Crippen LogP) is 5.95. The molecule has 1 aliphatic rings. The standard InChI is InChI=1S/C26H23N3O/c1-20-8-7-11-23(16-20)27-19-28-25-13-6-5-12-24(25)22-14-15-29(26(30)17-22)18-21-9-3-2-4-10-21/h2-13,16-17H,14-15,18H2,1H3. The zero-order chi connectivity index (χ0) is 20.8. The number of nitrogens with zero attached hydrogens (tertiary/aromatic N) is 3. The van der Waals surface area contributed by atoms with Crippen molar-refractivity contribution < 1.29 is 4.79 Å². The number of benzene rings is 3. The number of carbonyl (C=O) groups excluding carboxylic acids is 1. The summed E-state index contributed by atoms with van der Waals surface area (Å²) in [5.41, 5.74) is 5.83. The van der Waals surface area contributed by atoms with Gasteiger partial charge in [-0.25, -0.2) is 0 Å². The maximum absolute atomic E-state index is 12.7. The van der Waals surface area contributed by atoms with Crippen LogP contribution < -0.4 is 0 Å². The molecule has 0 aliphatic carbocycles. The summed E-state index contributed by atoms with van der Waals surface area (Å²) in [6.45, 7) is 3.35. The number of aliphatic imine (C=N–C) groups is 2. The van der Waals surface area contributed by atoms with Crippen LogP contribution in [0.15, 0.2) is 94.9 Å². The van der Waals surface area contributed by atoms with Gasteiger partial charge in [0.05, 0.1) is 11.4 Å². The maximum Gasteiger partial charge on any atom is 0.247 e. The Balaban J connectivity index is 1.54. The normalized spacial score (nSPS) is 13.4. The third-order valence-electron chi connectivity index (χ3n) is 5.08. The van der Waals surface area contributed by atoms with E-state index in [1.165, 1.54) is 0 Å². The molecule has 0 N–H and O–H groups in total. The van der Waals surface area contributed by atoms with Gasteiger partial charge in [0.2, 0.25) is 5.91 Å². The largest absolute Gasteiger partial charge is 0.334 e. The molecule has 4 nitrogen and oxygen atoms in total. The number of hydrogen-bond donors (Lipinski definition) is 0. The summed E-state index contributed by atoms with van der Waals surface area (Å²) in [5, 5.41) is 0. The fraction of sp³-hybridized carbons (Fsp3) is 0.154. The van der Waals surface area contributed by atoms with Gasteiger partial charge in [-0.1, -0.05) is 60.7 Å². The highest BCUT2D eigenvalue weighted by atomic mass is 16.2. The highest BCUT2D eigenvalue weighted by molar-refractivity contribution is 5.98. The molecule has 0 unspecified atom stereocenters. The van der Waals surface area contributed by atoms with Gasteiger partial charge in [0.1, 0.15) is 6.01 Å². The van der Waals surface area contributed by atoms with Crippen molar-refractivity contribution >= 4 is 28.9 Å². The van der Waals surface area contributed by atoms with Crippen LogP contribution in [0.5, 0.6) is 0 Å². The van der Waals surface area contributed by atoms with Crippen molar-refractivity contribution in [1.29, 1.82) is 0 Å². The van der Waals surface area contributed by atoms with Crippen molar-refractivity contribution in [2.75, 3.05) is 6.54 Å². The molecule has 4 heteroatoms. The third-order valence-corrected chi connectivity index (χ3v) is 5.08. The van der Waals surface area contributed by atoms with Crippen LogP contribution >= 0.6 is 0 Å². The lowest BCUT2D eigenvalue weighted by Crippen LogP contribution is -2.33. The topological polar surface area (TPSA) is 45.0 Å². The van der Waals surface area contributed by atoms with Gasteiger partial charge in [0, 0.05) is 24.7 Å². The zero-order valence-electron chi connectivity index (χ0n) is 17.0. The molecular weight excluding hydrogens is 370 g/mol. The minimum Gasteiger partial charge on any atom is -0.334 e. The molecule has 0 fully saturated rings. The minimum absolute atomic E-state index is 0.0345. The smallest absolute Gasteiger partial charge is 0.247 e. The van der Waals surface area contributed by atoms with Gasteiger partial charge in [-0.2, -0.15) is 9.98 Å². The molecule has 30 heavy (non-hydrogen) atoms. The average Bonchev–Trinajstić information content (AvgIpc) is 2.76. The predicted molar refractivity (Wildman–Crippen MR) is 121 cm³/mol. The number of hydrogen-bond acceptors (Lipinski definition) is 3. The second-order valence-electron chi connectivity index (χ2n) is 7.34. The molecule has 148 valence electrons. The minimum atomic E-state index is 0.0345. The van der Waals surface area contributed by atoms with Gasteiger partial charge in [-0.15, -0.1) is 0 Å². The molecule has 0 radical (unpaired) electrons. The van der Waals surface area contributed by atoms with Crippen LogP contribution in [0, 0.1) is 6.92 Å². The van der Waals surface area contributed by atoms with Crippen molar-refractivity contribution in [3.05, 3.63) is 102 Å². The molecule has 0 spiro atoms. The SMILES string of the molecule is Cc1cccc(N=C=Nc2ccccc2C2=CC(=O)N(Cc3ccccc3)CC2)c1. The highest BCUT2D eigenvalue weighted by Gasteiger charge is 2.20. The zero-order valence-corrected chi connectivity index (χ0v) is 17.0. The first-order chi connectivity index (χ1) is 14.7. The molecule has 0 saturated heterocycles. The molecule has 4 rings (SSSR count). The van der Waals surface area contributed by atoms with E-state index in [1.54, 1.807) is 6.08 Å². The van der Waals surface area contributed by atoms with Crippen molar-refractivity contribution in [3.63, 3.8) is 0 Å². The van der Waals surface area contributed by atoms with Crippen LogP contribution in [0.4, 0.5) is 11.4 Å². The Morgan fingerprint density at radius 3 is 2.53 bits per heavy atom. The van der Waals surface area contributed by atoms with Crippen molar-refractivity contribution in [1.82, 2.24) is 4.90 Å². The van der Waals surface area contributed by atoms with Crippen LogP contribution in [-0.2, 0) is 11.3 Å². The fourth-order valence-electron chi connectivity index (χ4n) is 3.53. The Hall–Kier alpha value is -3.75. The first-order valence-corrected chi connectivity index (χ1v) is 10.0. The van der Waals surface area contributed by atoms with Gasteiger partial charge in [-0.3, -0.25) is 4.79 Å². The van der Waals surface area contributed by atoms with E-state index in [1.807, 2.05) is 90.7 Å². The van der Waals surface area contributed by atoms with Crippen molar-refractivity contribution in [2.24, 2.45) is 9.98 Å². The van der Waals surface area contributed by atoms with Crippen LogP contribution in [0.2, 0.25) is 0 Å². The van der Waals surface area contributed by atoms with E-state index in [2.05, 4.69) is 16.0 Å². The lowest BCUT2D eigenvalue weighted by atomic mass is 9.97. The number of rotatable bonds is 5. The van der Waals surface area contributed by atoms with E-state index in [0.717, 1.165) is 40.1 Å². The average molecular weight is 393 g/mol. The molecule has 1 aliphatic heterocycles. The fourth-order valence-corrected chi connectivity index (χ4v) is 3.53. The van der Waals surface area contributed by atoms with E-state index < -0.39 is 0 Å². The van der Waals surface area contributed by atoms with Crippen LogP contribution in [0.3, 0.4) is 0 Å². The summed E-state index contributed by atoms with van der Waals surface area (Å²) in [4.78, 5) is 23.3. The number of amides is 1. The van der Waals surface area contributed by atoms with E-state index >= 15 is 0 Å². The van der Waals surface area contributed by atoms with Crippen molar-refractivity contribution in [3.8, 4) is 0 Å². The summed E-state index contributed by atoms with van der Waals surface area (Å²) in [5.74, 6) is 0.0345. The summed E-state index contributed by atoms with van der Waals surface area (Å²) < 4.78 is 0. The lowest BCUT2D eigenvalue weighted by molar-refractivity contribution is -0.126. The summed E-state index contributed by atoms with van der Waals surface area (Å²) in [6, 6.07) is 28.6. The Morgan fingerprint density at radius 2 is 1.73 bits per heavy atom. The van der Waals surface area contributed by atoms with Gasteiger partial charge in [-0.05, 0) is 48.2 Å². The van der Waals surface area contributed by atoms with Crippen LogP contribution in [0.1, 0.15) is 23.1 Å². The first kappa shape index (κ1) is 19.6. The Bertz CT molecular complexity index is 1140. The maximum atomic E-state index is 12.7. The quantitative estimate of drug-likeness (QED) is 0.494. The Kier molecular flexibility index (Phi) is 5.98. The summed E-state index contributed by atoms with van der Waals surface area (Å²) in [6.07, 6.45) is 2.53. The molecule has 0 bridgehead atoms. The Morgan fingerprint density at radius 1 is 0.933 bits per heavy atom. The molecule has 0 aromatic heterocycles. The van der Waals surface area contributed by atoms with Crippen molar-refractivity contribution in [2.45, 2.75) is 19.9 Å². The molecule has 0 atom stereocenters. The van der Waals surface area contributed by atoms with E-state index in [0.29, 0.717) is 13.1 Å². The molecule has 0 saturated carbocycles. The highest BCUT2D eigenvalue weighted by Crippen LogP contribution is 2.31. The van der Waals surface area contributed by atoms with Gasteiger partial charge < -0.3 is 4.90 Å². The molecular formula is C26H23N3O. The number of aryl methyl sites for hydroxylation is 1. The number of carbonyl (C=O) groups is 1. The summed E-state index contributed by atoms with van der Waals surface area (Å²) in [7, 11) is 0. The first-order valence-electron chi connectivity index (χ1n) is 10.0. The third kappa shape index (κ3) is 4.80. The molecule has 3 aromatic rings. The van der Waals surface area contributed by atoms with Crippen LogP contribution in [-0.4, -0.2) is 23.4 Å². The monoisotopic (exact) mass is 393 g/mol. The van der Waals surface area contributed by atoms with E-state index in [4.69, 9.17) is 0 Å². The number of para-hydroxylation sites is 1. The van der Waals surface area contributed by atoms with Gasteiger partial charge >= 0.3 is 0 Å². The van der Waals surface area contributed by atoms with Crippen LogP contribution in [0.25, 0.3) is 5.57 Å². The molecule has 1 amide bonds. The van der Waals surface area contributed by atoms with E-state index in [9.17, 15) is 4.79 Å². The molecule has 1 heterocycles. The Labute approximate surface area is 176 Å². The second kappa shape index (κ2) is 9.17. The van der Waals surface area contributed by atoms with E-state index in [-0.39, 0.29) is 5.91 Å². The van der Waals surface area contributed by atoms with Gasteiger partial charge in [0.15, 0.2) is 0 Å².